The summed E-state index contributed by atoms with van der Waals surface area (Å²) in [5, 5.41) is 19.0. The molecule has 0 saturated carbocycles. The van der Waals surface area contributed by atoms with Crippen LogP contribution in [-0.2, 0) is 14.8 Å². The van der Waals surface area contributed by atoms with E-state index < -0.39 is 27.4 Å². The maximum Gasteiger partial charge on any atom is 0.328 e. The van der Waals surface area contributed by atoms with Gasteiger partial charge in [0.15, 0.2) is 5.82 Å². The topological polar surface area (TPSA) is 131 Å². The number of hydrogen-bond acceptors (Lipinski definition) is 6. The lowest BCUT2D eigenvalue weighted by atomic mass is 9.86. The molecule has 0 aliphatic carbocycles. The number of carbonyl (C=O) groups is 1. The van der Waals surface area contributed by atoms with Crippen molar-refractivity contribution in [2.75, 3.05) is 10.0 Å². The number of nitrogens with zero attached hydrogens (tertiary/aromatic N) is 4. The van der Waals surface area contributed by atoms with E-state index in [-0.39, 0.29) is 26.4 Å². The van der Waals surface area contributed by atoms with Crippen LogP contribution in [0.1, 0.15) is 20.8 Å². The van der Waals surface area contributed by atoms with E-state index in [1.54, 1.807) is 67.9 Å². The molecule has 4 rings (SSSR count). The number of rotatable bonds is 6. The summed E-state index contributed by atoms with van der Waals surface area (Å²) in [4.78, 5) is 12.2. The maximum absolute atomic E-state index is 13.9. The number of anilines is 2. The maximum atomic E-state index is 13.9. The van der Waals surface area contributed by atoms with Crippen LogP contribution in [0.3, 0.4) is 0 Å². The van der Waals surface area contributed by atoms with Crippen molar-refractivity contribution in [1.29, 1.82) is 0 Å². The van der Waals surface area contributed by atoms with E-state index in [4.69, 9.17) is 28.9 Å². The Bertz CT molecular complexity index is 1540. The van der Waals surface area contributed by atoms with Crippen LogP contribution in [0, 0.1) is 5.41 Å². The van der Waals surface area contributed by atoms with Gasteiger partial charge in [-0.05, 0) is 60.0 Å². The number of nitrogens with two attached hydrogens (primary N) is 1. The smallest absolute Gasteiger partial charge is 0.328 e. The molecule has 3 N–H and O–H groups in total. The van der Waals surface area contributed by atoms with Crippen molar-refractivity contribution in [3.8, 4) is 5.82 Å². The van der Waals surface area contributed by atoms with E-state index in [2.05, 4.69) is 10.2 Å². The van der Waals surface area contributed by atoms with Gasteiger partial charge in [0, 0.05) is 21.6 Å². The molecule has 0 bridgehead atoms. The molecule has 2 aromatic carbocycles. The number of halogens is 2. The molecule has 188 valence electrons. The second-order valence-electron chi connectivity index (χ2n) is 9.26. The molecule has 12 heteroatoms. The monoisotopic (exact) mass is 547 g/mol. The van der Waals surface area contributed by atoms with Crippen LogP contribution < -0.4 is 10.0 Å². The second-order valence-corrected chi connectivity index (χ2v) is 11.9. The Morgan fingerprint density at radius 2 is 1.69 bits per heavy atom. The number of fused-ring (bicyclic) bond motifs is 1. The van der Waals surface area contributed by atoms with Crippen molar-refractivity contribution in [2.24, 2.45) is 5.41 Å². The summed E-state index contributed by atoms with van der Waals surface area (Å²) in [5.74, 6) is -0.501. The van der Waals surface area contributed by atoms with Gasteiger partial charge in [0.25, 0.3) is 10.0 Å². The Labute approximate surface area is 218 Å². The molecule has 1 atom stereocenters. The zero-order valence-corrected chi connectivity index (χ0v) is 21.9. The molecule has 2 aromatic heterocycles. The molecule has 0 fully saturated rings. The van der Waals surface area contributed by atoms with Crippen molar-refractivity contribution in [3.05, 3.63) is 70.8 Å². The van der Waals surface area contributed by atoms with Gasteiger partial charge in [0.1, 0.15) is 11.9 Å². The van der Waals surface area contributed by atoms with Crippen molar-refractivity contribution in [2.45, 2.75) is 31.7 Å². The van der Waals surface area contributed by atoms with Crippen LogP contribution in [0.2, 0.25) is 10.0 Å². The lowest BCUT2D eigenvalue weighted by molar-refractivity contribution is -0.140. The number of nitrogen functional groups attached to an aromatic ring is 1. The van der Waals surface area contributed by atoms with Gasteiger partial charge >= 0.3 is 5.97 Å². The van der Waals surface area contributed by atoms with E-state index in [1.165, 1.54) is 18.2 Å². The minimum absolute atomic E-state index is 0.112. The molecule has 0 saturated heterocycles. The fourth-order valence-electron chi connectivity index (χ4n) is 3.97. The van der Waals surface area contributed by atoms with Gasteiger partial charge in [0.2, 0.25) is 0 Å². The normalized spacial score (nSPS) is 13.0. The molecule has 36 heavy (non-hydrogen) atoms. The molecular formula is C24H23Cl2N5O4S. The summed E-state index contributed by atoms with van der Waals surface area (Å²) >= 11 is 12.2. The van der Waals surface area contributed by atoms with Gasteiger partial charge in [0.05, 0.1) is 16.1 Å². The second kappa shape index (κ2) is 9.27. The number of aromatic nitrogens is 3. The van der Waals surface area contributed by atoms with Gasteiger partial charge in [-0.25, -0.2) is 13.2 Å². The fourth-order valence-corrected chi connectivity index (χ4v) is 6.48. The van der Waals surface area contributed by atoms with Crippen LogP contribution in [0.5, 0.6) is 0 Å². The quantitative estimate of drug-likeness (QED) is 0.347. The third-order valence-corrected chi connectivity index (χ3v) is 7.74. The highest BCUT2D eigenvalue weighted by atomic mass is 35.5. The summed E-state index contributed by atoms with van der Waals surface area (Å²) in [6, 6.07) is 12.4. The molecule has 0 aliphatic rings. The first-order chi connectivity index (χ1) is 16.8. The molecule has 0 radical (unpaired) electrons. The lowest BCUT2D eigenvalue weighted by Crippen LogP contribution is -2.52. The molecule has 0 amide bonds. The minimum atomic E-state index is -4.40. The molecular weight excluding hydrogens is 525 g/mol. The van der Waals surface area contributed by atoms with Crippen molar-refractivity contribution >= 4 is 61.6 Å². The first kappa shape index (κ1) is 25.7. The van der Waals surface area contributed by atoms with Crippen LogP contribution >= 0.6 is 23.2 Å². The first-order valence-corrected chi connectivity index (χ1v) is 12.9. The average molecular weight is 548 g/mol. The number of aliphatic carboxylic acids is 1. The van der Waals surface area contributed by atoms with E-state index in [9.17, 15) is 18.3 Å². The summed E-state index contributed by atoms with van der Waals surface area (Å²) in [6.07, 6.45) is 1.75. The highest BCUT2D eigenvalue weighted by Crippen LogP contribution is 2.37. The van der Waals surface area contributed by atoms with E-state index in [0.717, 1.165) is 4.31 Å². The molecule has 0 spiro atoms. The Balaban J connectivity index is 1.93. The number of benzene rings is 2. The van der Waals surface area contributed by atoms with Gasteiger partial charge in [-0.3, -0.25) is 8.87 Å². The summed E-state index contributed by atoms with van der Waals surface area (Å²) < 4.78 is 30.5. The number of carboxylic acid groups (broad SMARTS) is 1. The molecule has 4 aromatic rings. The SMILES string of the molecule is CC(C)(C)C(C(=O)O)N(c1ccc2c(ccn2-c2ccc(N)nn2)c1)S(=O)(=O)c1cc(Cl)cc(Cl)c1. The number of carboxylic acids is 1. The zero-order chi connectivity index (χ0) is 26.4. The molecule has 2 heterocycles. The highest BCUT2D eigenvalue weighted by molar-refractivity contribution is 7.93. The summed E-state index contributed by atoms with van der Waals surface area (Å²) in [6.45, 7) is 4.98. The van der Waals surface area contributed by atoms with Gasteiger partial charge in [-0.15, -0.1) is 10.2 Å². The van der Waals surface area contributed by atoms with Crippen LogP contribution in [-0.4, -0.2) is 40.3 Å². The third kappa shape index (κ3) is 4.84. The van der Waals surface area contributed by atoms with E-state index in [0.29, 0.717) is 16.7 Å². The van der Waals surface area contributed by atoms with Gasteiger partial charge in [-0.1, -0.05) is 44.0 Å². The standard InChI is InChI=1S/C24H23Cl2N5O4S/c1-24(2,3)22(23(32)33)31(36(34,35)18-12-15(25)11-16(26)13-18)17-4-5-19-14(10-17)8-9-30(19)21-7-6-20(27)28-29-21/h4-13,22H,1-3H3,(H2,27,28)(H,32,33). The zero-order valence-electron chi connectivity index (χ0n) is 19.6. The third-order valence-electron chi connectivity index (χ3n) is 5.53. The largest absolute Gasteiger partial charge is 0.480 e. The molecule has 9 nitrogen and oxygen atoms in total. The van der Waals surface area contributed by atoms with Crippen molar-refractivity contribution in [1.82, 2.24) is 14.8 Å². The predicted octanol–water partition coefficient (Wildman–Crippen LogP) is 5.00. The fraction of sp³-hybridized carbons (Fsp3) is 0.208. The van der Waals surface area contributed by atoms with Crippen LogP contribution in [0.15, 0.2) is 65.7 Å². The Kier molecular flexibility index (Phi) is 6.63. The number of hydrogen-bond donors (Lipinski definition) is 2. The average Bonchev–Trinajstić information content (AvgIpc) is 3.19. The number of sulfonamides is 1. The van der Waals surface area contributed by atoms with Gasteiger partial charge < -0.3 is 10.8 Å². The van der Waals surface area contributed by atoms with Crippen LogP contribution in [0.4, 0.5) is 11.5 Å². The first-order valence-electron chi connectivity index (χ1n) is 10.7. The minimum Gasteiger partial charge on any atom is -0.480 e. The van der Waals surface area contributed by atoms with E-state index >= 15 is 0 Å². The van der Waals surface area contributed by atoms with E-state index in [1.807, 2.05) is 0 Å². The molecule has 1 unspecified atom stereocenters. The Morgan fingerprint density at radius 3 is 2.25 bits per heavy atom. The lowest BCUT2D eigenvalue weighted by Gasteiger charge is -2.37. The van der Waals surface area contributed by atoms with Crippen LogP contribution in [0.25, 0.3) is 16.7 Å². The van der Waals surface area contributed by atoms with Gasteiger partial charge in [-0.2, -0.15) is 0 Å². The summed E-state index contributed by atoms with van der Waals surface area (Å²) in [5.41, 5.74) is 5.54. The highest BCUT2D eigenvalue weighted by Gasteiger charge is 2.43. The predicted molar refractivity (Wildman–Crippen MR) is 140 cm³/mol. The van der Waals surface area contributed by atoms with Crippen molar-refractivity contribution in [3.63, 3.8) is 0 Å². The van der Waals surface area contributed by atoms with Crippen molar-refractivity contribution < 1.29 is 18.3 Å². The Morgan fingerprint density at radius 1 is 1.03 bits per heavy atom. The molecule has 0 aliphatic heterocycles. The summed E-state index contributed by atoms with van der Waals surface area (Å²) in [7, 11) is -4.40. The Hall–Kier alpha value is -3.34.